The Morgan fingerprint density at radius 1 is 1.22 bits per heavy atom. The number of aliphatic imine (C=N–C) groups is 1. The molecule has 3 heterocycles. The molecule has 5 nitrogen and oxygen atoms in total. The van der Waals surface area contributed by atoms with Gasteiger partial charge in [-0.3, -0.25) is 4.79 Å². The zero-order chi connectivity index (χ0) is 18.4. The molecule has 1 aliphatic heterocycles. The Kier molecular flexibility index (Phi) is 9.04. The van der Waals surface area contributed by atoms with Crippen molar-refractivity contribution < 1.29 is 4.79 Å². The Hall–Kier alpha value is -1.13. The summed E-state index contributed by atoms with van der Waals surface area (Å²) in [5, 5.41) is 8.65. The van der Waals surface area contributed by atoms with Crippen LogP contribution in [0.25, 0.3) is 0 Å². The number of fused-ring (bicyclic) bond motifs is 1. The molecule has 0 aliphatic carbocycles. The first-order valence-corrected chi connectivity index (χ1v) is 10.8. The van der Waals surface area contributed by atoms with Crippen LogP contribution in [0.2, 0.25) is 0 Å². The summed E-state index contributed by atoms with van der Waals surface area (Å²) in [5.41, 5.74) is 1.29. The molecule has 0 radical (unpaired) electrons. The number of hydrogen-bond acceptors (Lipinski definition) is 4. The Morgan fingerprint density at radius 3 is 2.78 bits per heavy atom. The highest BCUT2D eigenvalue weighted by atomic mass is 127. The molecular formula is C19H27IN4OS2. The van der Waals surface area contributed by atoms with Crippen molar-refractivity contribution in [1.82, 2.24) is 15.5 Å². The second-order valence-electron chi connectivity index (χ2n) is 6.20. The highest BCUT2D eigenvalue weighted by Crippen LogP contribution is 2.24. The molecule has 0 bridgehead atoms. The lowest BCUT2D eigenvalue weighted by molar-refractivity contribution is -0.130. The van der Waals surface area contributed by atoms with E-state index in [-0.39, 0.29) is 36.4 Å². The number of aryl methyl sites for hydroxylation is 1. The van der Waals surface area contributed by atoms with E-state index >= 15 is 0 Å². The number of hydrogen-bond donors (Lipinski definition) is 2. The second-order valence-corrected chi connectivity index (χ2v) is 8.46. The molecule has 0 fully saturated rings. The van der Waals surface area contributed by atoms with Crippen molar-refractivity contribution >= 4 is 58.5 Å². The van der Waals surface area contributed by atoms with E-state index in [0.29, 0.717) is 12.5 Å². The van der Waals surface area contributed by atoms with Gasteiger partial charge in [0.1, 0.15) is 6.54 Å². The van der Waals surface area contributed by atoms with Crippen molar-refractivity contribution in [2.24, 2.45) is 4.99 Å². The van der Waals surface area contributed by atoms with E-state index in [2.05, 4.69) is 46.1 Å². The number of carbonyl (C=O) groups is 1. The fourth-order valence-corrected chi connectivity index (χ4v) is 4.72. The minimum atomic E-state index is 0. The van der Waals surface area contributed by atoms with Gasteiger partial charge in [0.25, 0.3) is 0 Å². The molecule has 8 heteroatoms. The van der Waals surface area contributed by atoms with Crippen molar-refractivity contribution in [3.8, 4) is 0 Å². The molecule has 2 aromatic rings. The van der Waals surface area contributed by atoms with Gasteiger partial charge in [-0.2, -0.15) is 0 Å². The van der Waals surface area contributed by atoms with Crippen LogP contribution in [-0.4, -0.2) is 36.4 Å². The minimum Gasteiger partial charge on any atom is -0.357 e. The zero-order valence-electron chi connectivity index (χ0n) is 15.8. The second kappa shape index (κ2) is 11.0. The molecule has 2 aromatic heterocycles. The first-order valence-electron chi connectivity index (χ1n) is 9.12. The summed E-state index contributed by atoms with van der Waals surface area (Å²) in [6, 6.07) is 6.45. The smallest absolute Gasteiger partial charge is 0.244 e. The summed E-state index contributed by atoms with van der Waals surface area (Å²) in [5.74, 6) is 0.781. The fraction of sp³-hybridized carbons (Fsp3) is 0.474. The third-order valence-corrected chi connectivity index (χ3v) is 6.63. The Balaban J connectivity index is 0.00000261. The maximum absolute atomic E-state index is 12.5. The van der Waals surface area contributed by atoms with E-state index in [1.165, 1.54) is 20.2 Å². The van der Waals surface area contributed by atoms with Gasteiger partial charge in [0.2, 0.25) is 5.91 Å². The Bertz CT molecular complexity index is 771. The van der Waals surface area contributed by atoms with Crippen LogP contribution < -0.4 is 10.6 Å². The molecule has 0 aromatic carbocycles. The van der Waals surface area contributed by atoms with Crippen molar-refractivity contribution in [3.63, 3.8) is 0 Å². The number of rotatable bonds is 6. The molecule has 1 amide bonds. The number of guanidine groups is 1. The SMILES string of the molecule is CCNC(=NCC(=O)N1CCc2sccc2C1)NCc1ccc(CC)s1.I. The van der Waals surface area contributed by atoms with Crippen molar-refractivity contribution in [3.05, 3.63) is 43.8 Å². The number of nitrogens with zero attached hydrogens (tertiary/aromatic N) is 2. The topological polar surface area (TPSA) is 56.7 Å². The minimum absolute atomic E-state index is 0. The predicted molar refractivity (Wildman–Crippen MR) is 125 cm³/mol. The summed E-state index contributed by atoms with van der Waals surface area (Å²) in [6.07, 6.45) is 2.02. The van der Waals surface area contributed by atoms with Gasteiger partial charge in [0.05, 0.1) is 6.54 Å². The van der Waals surface area contributed by atoms with E-state index in [9.17, 15) is 4.79 Å². The van der Waals surface area contributed by atoms with E-state index in [0.717, 1.165) is 32.5 Å². The molecule has 0 saturated carbocycles. The van der Waals surface area contributed by atoms with Gasteiger partial charge in [0, 0.05) is 34.3 Å². The molecular weight excluding hydrogens is 491 g/mol. The summed E-state index contributed by atoms with van der Waals surface area (Å²) in [4.78, 5) is 23.0. The summed E-state index contributed by atoms with van der Waals surface area (Å²) in [6.45, 7) is 7.38. The van der Waals surface area contributed by atoms with E-state index in [1.54, 1.807) is 11.3 Å². The summed E-state index contributed by atoms with van der Waals surface area (Å²) < 4.78 is 0. The van der Waals surface area contributed by atoms with Crippen molar-refractivity contribution in [2.45, 2.75) is 39.8 Å². The largest absolute Gasteiger partial charge is 0.357 e. The zero-order valence-corrected chi connectivity index (χ0v) is 19.7. The van der Waals surface area contributed by atoms with Crippen LogP contribution in [0.4, 0.5) is 0 Å². The average molecular weight is 518 g/mol. The highest BCUT2D eigenvalue weighted by molar-refractivity contribution is 14.0. The number of amides is 1. The fourth-order valence-electron chi connectivity index (χ4n) is 2.93. The van der Waals surface area contributed by atoms with Crippen LogP contribution in [0, 0.1) is 0 Å². The third kappa shape index (κ3) is 6.18. The van der Waals surface area contributed by atoms with E-state index < -0.39 is 0 Å². The maximum atomic E-state index is 12.5. The van der Waals surface area contributed by atoms with Crippen LogP contribution in [0.1, 0.15) is 34.0 Å². The van der Waals surface area contributed by atoms with Gasteiger partial charge in [-0.15, -0.1) is 46.7 Å². The average Bonchev–Trinajstić information content (AvgIpc) is 3.31. The molecule has 148 valence electrons. The molecule has 0 saturated heterocycles. The van der Waals surface area contributed by atoms with Crippen LogP contribution in [0.5, 0.6) is 0 Å². The number of nitrogens with one attached hydrogen (secondary N) is 2. The third-order valence-electron chi connectivity index (χ3n) is 4.37. The number of halogens is 1. The Morgan fingerprint density at radius 2 is 2.04 bits per heavy atom. The van der Waals surface area contributed by atoms with Gasteiger partial charge >= 0.3 is 0 Å². The summed E-state index contributed by atoms with van der Waals surface area (Å²) in [7, 11) is 0. The molecule has 3 rings (SSSR count). The van der Waals surface area contributed by atoms with E-state index in [1.807, 2.05) is 23.2 Å². The maximum Gasteiger partial charge on any atom is 0.244 e. The Labute approximate surface area is 186 Å². The van der Waals surface area contributed by atoms with Gasteiger partial charge < -0.3 is 15.5 Å². The quantitative estimate of drug-likeness (QED) is 0.349. The number of thiophene rings is 2. The molecule has 1 aliphatic rings. The first-order chi connectivity index (χ1) is 12.7. The standard InChI is InChI=1S/C19H26N4OS2.HI/c1-3-15-5-6-16(26-15)11-21-19(20-4-2)22-12-18(24)23-9-7-17-14(13-23)8-10-25-17;/h5-6,8,10H,3-4,7,9,11-13H2,1-2H3,(H2,20,21,22);1H. The number of carbonyl (C=O) groups excluding carboxylic acids is 1. The summed E-state index contributed by atoms with van der Waals surface area (Å²) >= 11 is 3.60. The van der Waals surface area contributed by atoms with Crippen LogP contribution >= 0.6 is 46.7 Å². The molecule has 0 unspecified atom stereocenters. The normalized spacial score (nSPS) is 13.7. The lowest BCUT2D eigenvalue weighted by atomic mass is 10.1. The van der Waals surface area contributed by atoms with Crippen molar-refractivity contribution in [1.29, 1.82) is 0 Å². The predicted octanol–water partition coefficient (Wildman–Crippen LogP) is 3.63. The monoisotopic (exact) mass is 518 g/mol. The lowest BCUT2D eigenvalue weighted by Gasteiger charge is -2.26. The molecule has 0 spiro atoms. The van der Waals surface area contributed by atoms with Crippen LogP contribution in [-0.2, 0) is 30.7 Å². The van der Waals surface area contributed by atoms with Gasteiger partial charge in [-0.05, 0) is 48.9 Å². The van der Waals surface area contributed by atoms with Crippen LogP contribution in [0.3, 0.4) is 0 Å². The van der Waals surface area contributed by atoms with Crippen molar-refractivity contribution in [2.75, 3.05) is 19.6 Å². The van der Waals surface area contributed by atoms with Gasteiger partial charge in [-0.1, -0.05) is 6.92 Å². The lowest BCUT2D eigenvalue weighted by Crippen LogP contribution is -2.40. The molecule has 27 heavy (non-hydrogen) atoms. The van der Waals surface area contributed by atoms with E-state index in [4.69, 9.17) is 0 Å². The highest BCUT2D eigenvalue weighted by Gasteiger charge is 2.21. The van der Waals surface area contributed by atoms with Crippen LogP contribution in [0.15, 0.2) is 28.6 Å². The molecule has 2 N–H and O–H groups in total. The van der Waals surface area contributed by atoms with Gasteiger partial charge in [0.15, 0.2) is 5.96 Å². The first kappa shape index (κ1) is 22.2. The molecule has 0 atom stereocenters. The van der Waals surface area contributed by atoms with Gasteiger partial charge in [-0.25, -0.2) is 4.99 Å².